The highest BCUT2D eigenvalue weighted by Gasteiger charge is 2.30. The molecule has 3 aromatic rings. The van der Waals surface area contributed by atoms with Crippen molar-refractivity contribution >= 4 is 40.4 Å². The minimum Gasteiger partial charge on any atom is -0.382 e. The van der Waals surface area contributed by atoms with Crippen LogP contribution in [-0.4, -0.2) is 35.4 Å². The molecule has 4 heterocycles. The van der Waals surface area contributed by atoms with Gasteiger partial charge in [0.05, 0.1) is 0 Å². The van der Waals surface area contributed by atoms with Crippen molar-refractivity contribution in [1.82, 2.24) is 34.5 Å². The summed E-state index contributed by atoms with van der Waals surface area (Å²) in [6.07, 6.45) is 2.80. The van der Waals surface area contributed by atoms with Crippen molar-refractivity contribution in [1.29, 1.82) is 0 Å². The first-order valence-corrected chi connectivity index (χ1v) is 5.83. The van der Waals surface area contributed by atoms with Gasteiger partial charge in [-0.15, -0.1) is 0 Å². The molecule has 1 aliphatic rings. The Morgan fingerprint density at radius 3 is 2.95 bits per heavy atom. The predicted octanol–water partition coefficient (Wildman–Crippen LogP) is -1.63. The average molecular weight is 284 g/mol. The summed E-state index contributed by atoms with van der Waals surface area (Å²) in [6.45, 7) is 0. The van der Waals surface area contributed by atoms with E-state index < -0.39 is 5.56 Å². The zero-order chi connectivity index (χ0) is 14.6. The molecule has 0 bridgehead atoms. The molecule has 6 N–H and O–H groups in total. The summed E-state index contributed by atoms with van der Waals surface area (Å²) in [7, 11) is 0. The second kappa shape index (κ2) is 3.75. The highest BCUT2D eigenvalue weighted by Crippen LogP contribution is 2.20. The first-order valence-electron chi connectivity index (χ1n) is 5.83. The molecule has 4 rings (SSSR count). The van der Waals surface area contributed by atoms with Crippen molar-refractivity contribution in [2.75, 3.05) is 16.8 Å². The topological polar surface area (TPSA) is 168 Å². The molecule has 1 radical (unpaired) electrons. The number of nitrogens with one attached hydrogen (secondary N) is 2. The predicted molar refractivity (Wildman–Crippen MR) is 74.8 cm³/mol. The van der Waals surface area contributed by atoms with Gasteiger partial charge in [0.25, 0.3) is 11.5 Å². The van der Waals surface area contributed by atoms with Crippen molar-refractivity contribution in [3.05, 3.63) is 23.0 Å². The normalized spacial score (nSPS) is 13.0. The zero-order valence-corrected chi connectivity index (χ0v) is 10.4. The third-order valence-electron chi connectivity index (χ3n) is 2.96. The lowest BCUT2D eigenvalue weighted by molar-refractivity contribution is 1.09. The van der Waals surface area contributed by atoms with Crippen LogP contribution >= 0.6 is 0 Å². The maximum Gasteiger partial charge on any atom is 0.360 e. The summed E-state index contributed by atoms with van der Waals surface area (Å²) in [5, 5.41) is 2.85. The van der Waals surface area contributed by atoms with E-state index in [0.717, 1.165) is 0 Å². The van der Waals surface area contributed by atoms with Crippen LogP contribution in [0.3, 0.4) is 0 Å². The molecule has 0 spiro atoms. The number of nitrogens with zero attached hydrogens (tertiary/aromatic N) is 6. The molecule has 1 aliphatic heterocycles. The first kappa shape index (κ1) is 11.3. The van der Waals surface area contributed by atoms with Gasteiger partial charge in [-0.1, -0.05) is 9.98 Å². The molecular weight excluding hydrogens is 276 g/mol. The zero-order valence-electron chi connectivity index (χ0n) is 10.4. The molecule has 0 fully saturated rings. The molecule has 21 heavy (non-hydrogen) atoms. The van der Waals surface area contributed by atoms with E-state index >= 15 is 0 Å². The van der Waals surface area contributed by atoms with Gasteiger partial charge in [-0.3, -0.25) is 15.1 Å². The number of hydrogen-bond donors (Lipinski definition) is 4. The molecule has 0 aliphatic carbocycles. The maximum absolute atomic E-state index is 11.8. The van der Waals surface area contributed by atoms with Gasteiger partial charge in [-0.25, -0.2) is 15.0 Å². The summed E-state index contributed by atoms with van der Waals surface area (Å²) in [6, 6.07) is 0. The molecule has 0 atom stereocenters. The summed E-state index contributed by atoms with van der Waals surface area (Å²) in [5.41, 5.74) is 11.9. The molecule has 0 amide bonds. The highest BCUT2D eigenvalue weighted by molar-refractivity contribution is 6.05. The molecule has 103 valence electrons. The van der Waals surface area contributed by atoms with Crippen LogP contribution < -0.4 is 27.3 Å². The van der Waals surface area contributed by atoms with Gasteiger partial charge in [0.1, 0.15) is 12.7 Å². The van der Waals surface area contributed by atoms with Crippen LogP contribution in [-0.2, 0) is 0 Å². The number of aliphatic imine (C=N–C) groups is 1. The largest absolute Gasteiger partial charge is 0.382 e. The average Bonchev–Trinajstić information content (AvgIpc) is 3.02. The number of imidazole rings is 1. The van der Waals surface area contributed by atoms with Crippen molar-refractivity contribution in [3.8, 4) is 0 Å². The third kappa shape index (κ3) is 1.54. The molecule has 11 nitrogen and oxygen atoms in total. The Kier molecular flexibility index (Phi) is 2.03. The van der Waals surface area contributed by atoms with Gasteiger partial charge in [0, 0.05) is 0 Å². The summed E-state index contributed by atoms with van der Waals surface area (Å²) < 4.78 is 1.55. The van der Waals surface area contributed by atoms with Crippen LogP contribution in [0.4, 0.5) is 23.3 Å². The van der Waals surface area contributed by atoms with E-state index in [1.54, 1.807) is 4.57 Å². The van der Waals surface area contributed by atoms with E-state index in [0.29, 0.717) is 17.1 Å². The Balaban J connectivity index is 1.89. The first-order chi connectivity index (χ1) is 10.1. The maximum atomic E-state index is 11.8. The second-order valence-corrected chi connectivity index (χ2v) is 4.26. The van der Waals surface area contributed by atoms with Crippen LogP contribution in [0.5, 0.6) is 0 Å². The smallest absolute Gasteiger partial charge is 0.360 e. The van der Waals surface area contributed by atoms with Gasteiger partial charge >= 0.3 is 11.8 Å². The van der Waals surface area contributed by atoms with Crippen molar-refractivity contribution in [3.63, 3.8) is 0 Å². The SMILES string of the molecule is Nc1nc2c(c(=O)[nH]1)NC(n1cnc3c(N)ncnc31)=[N+]2. The number of nitrogen functional groups attached to an aromatic ring is 2. The number of aromatic amines is 1. The third-order valence-corrected chi connectivity index (χ3v) is 2.96. The Morgan fingerprint density at radius 2 is 2.10 bits per heavy atom. The van der Waals surface area contributed by atoms with E-state index in [1.807, 2.05) is 0 Å². The fourth-order valence-corrected chi connectivity index (χ4v) is 2.03. The number of H-pyrrole nitrogens is 1. The molecule has 0 saturated heterocycles. The minimum atomic E-state index is -0.408. The van der Waals surface area contributed by atoms with E-state index in [-0.39, 0.29) is 23.3 Å². The lowest BCUT2D eigenvalue weighted by Gasteiger charge is -1.96. The van der Waals surface area contributed by atoms with E-state index in [4.69, 9.17) is 11.5 Å². The van der Waals surface area contributed by atoms with Gasteiger partial charge in [0.15, 0.2) is 11.3 Å². The number of hydrogen-bond acceptors (Lipinski definition) is 9. The van der Waals surface area contributed by atoms with Crippen molar-refractivity contribution < 1.29 is 0 Å². The highest BCUT2D eigenvalue weighted by atomic mass is 16.1. The van der Waals surface area contributed by atoms with Crippen molar-refractivity contribution in [2.24, 2.45) is 0 Å². The van der Waals surface area contributed by atoms with Crippen LogP contribution in [0.15, 0.2) is 17.4 Å². The lowest BCUT2D eigenvalue weighted by atomic mass is 10.5. The fourth-order valence-electron chi connectivity index (χ4n) is 2.03. The lowest BCUT2D eigenvalue weighted by Crippen LogP contribution is -2.23. The van der Waals surface area contributed by atoms with Crippen LogP contribution in [0, 0.1) is 0 Å². The standard InChI is InChI=1S/C10H8N10O/c11-5-3-7(14-1-13-5)20(2-15-3)10-16-4-6(18-10)17-9(12)19-8(4)21/h1-2,16H,(H2,11,13,14)(H3,12,17,19,21)/q+1. The Bertz CT molecular complexity index is 968. The van der Waals surface area contributed by atoms with Crippen molar-refractivity contribution in [2.45, 2.75) is 0 Å². The fraction of sp³-hybridized carbons (Fsp3) is 0. The Labute approximate surface area is 115 Å². The van der Waals surface area contributed by atoms with Crippen LogP contribution in [0.1, 0.15) is 0 Å². The van der Waals surface area contributed by atoms with E-state index in [1.165, 1.54) is 12.7 Å². The van der Waals surface area contributed by atoms with Crippen LogP contribution in [0.25, 0.3) is 11.2 Å². The summed E-state index contributed by atoms with van der Waals surface area (Å²) in [4.78, 5) is 34.4. The number of rotatable bonds is 0. The molecule has 11 heteroatoms. The van der Waals surface area contributed by atoms with Gasteiger partial charge in [-0.2, -0.15) is 4.57 Å². The Morgan fingerprint density at radius 1 is 1.24 bits per heavy atom. The summed E-state index contributed by atoms with van der Waals surface area (Å²) in [5.74, 6) is 0.784. The number of nitrogens with two attached hydrogens (primary N) is 2. The summed E-state index contributed by atoms with van der Waals surface area (Å²) >= 11 is 0. The van der Waals surface area contributed by atoms with Gasteiger partial charge in [-0.05, 0) is 0 Å². The molecular formula is C10H8N10O+. The van der Waals surface area contributed by atoms with E-state index in [9.17, 15) is 4.79 Å². The number of aromatic nitrogens is 6. The minimum absolute atomic E-state index is 0.00684. The molecule has 3 aromatic heterocycles. The molecule has 0 aromatic carbocycles. The number of anilines is 3. The monoisotopic (exact) mass is 284 g/mol. The van der Waals surface area contributed by atoms with Gasteiger partial charge in [0.2, 0.25) is 11.3 Å². The quantitative estimate of drug-likeness (QED) is 0.381. The molecule has 0 saturated carbocycles. The Hall–Kier alpha value is -3.50. The second-order valence-electron chi connectivity index (χ2n) is 4.26. The van der Waals surface area contributed by atoms with E-state index in [2.05, 4.69) is 35.2 Å². The molecule has 0 unspecified atom stereocenters. The van der Waals surface area contributed by atoms with Gasteiger partial charge < -0.3 is 11.5 Å². The van der Waals surface area contributed by atoms with Crippen LogP contribution in [0.2, 0.25) is 0 Å². The number of fused-ring (bicyclic) bond motifs is 2.